The number of hydrogen-bond acceptors (Lipinski definition) is 4. The number of ketones is 1. The second kappa shape index (κ2) is 7.59. The van der Waals surface area contributed by atoms with Crippen molar-refractivity contribution in [2.75, 3.05) is 5.75 Å². The summed E-state index contributed by atoms with van der Waals surface area (Å²) >= 11 is 1.51. The molecule has 0 N–H and O–H groups in total. The molecular weight excluding hydrogens is 368 g/mol. The molecule has 0 aliphatic heterocycles. The van der Waals surface area contributed by atoms with Crippen LogP contribution >= 0.6 is 11.8 Å². The van der Waals surface area contributed by atoms with Gasteiger partial charge in [-0.15, -0.1) is 10.2 Å². The third-order valence-electron chi connectivity index (χ3n) is 5.20. The number of para-hydroxylation sites is 1. The Morgan fingerprint density at radius 1 is 1.18 bits per heavy atom. The molecule has 0 unspecified atom stereocenters. The second-order valence-electron chi connectivity index (χ2n) is 7.76. The van der Waals surface area contributed by atoms with Crippen LogP contribution in [0.2, 0.25) is 0 Å². The van der Waals surface area contributed by atoms with E-state index >= 15 is 0 Å². The minimum Gasteiger partial charge on any atom is -0.318 e. The van der Waals surface area contributed by atoms with Crippen molar-refractivity contribution >= 4 is 17.5 Å². The number of carbonyl (C=O) groups is 1. The third kappa shape index (κ3) is 3.53. The largest absolute Gasteiger partial charge is 0.318 e. The fraction of sp³-hybridized carbons (Fsp3) is 0.409. The molecule has 146 valence electrons. The molecule has 1 fully saturated rings. The van der Waals surface area contributed by atoms with Crippen LogP contribution in [0.15, 0.2) is 41.6 Å². The normalized spacial score (nSPS) is 14.0. The summed E-state index contributed by atoms with van der Waals surface area (Å²) in [6.07, 6.45) is 2.36. The number of aromatic nitrogens is 4. The van der Waals surface area contributed by atoms with Crippen molar-refractivity contribution in [2.45, 2.75) is 57.7 Å². The number of thioether (sulfide) groups is 1. The van der Waals surface area contributed by atoms with Crippen LogP contribution in [0.1, 0.15) is 66.2 Å². The van der Waals surface area contributed by atoms with Gasteiger partial charge in [-0.2, -0.15) is 0 Å². The first-order chi connectivity index (χ1) is 13.5. The van der Waals surface area contributed by atoms with Gasteiger partial charge < -0.3 is 9.13 Å². The SMILES string of the molecule is Cc1cc(C(=O)CSc2nnc(C(C)C)n2C2CC2)c(C)n1-c1ccccc1. The van der Waals surface area contributed by atoms with Gasteiger partial charge in [0.25, 0.3) is 0 Å². The third-order valence-corrected chi connectivity index (χ3v) is 6.14. The van der Waals surface area contributed by atoms with Crippen LogP contribution in [0, 0.1) is 13.8 Å². The maximum Gasteiger partial charge on any atom is 0.191 e. The zero-order valence-electron chi connectivity index (χ0n) is 16.8. The fourth-order valence-corrected chi connectivity index (χ4v) is 4.58. The lowest BCUT2D eigenvalue weighted by Gasteiger charge is -2.11. The average Bonchev–Trinajstić information content (AvgIpc) is 3.35. The molecule has 0 spiro atoms. The first-order valence-corrected chi connectivity index (χ1v) is 10.8. The molecule has 0 atom stereocenters. The first kappa shape index (κ1) is 19.0. The van der Waals surface area contributed by atoms with E-state index in [0.717, 1.165) is 33.6 Å². The smallest absolute Gasteiger partial charge is 0.191 e. The lowest BCUT2D eigenvalue weighted by Crippen LogP contribution is -2.08. The van der Waals surface area contributed by atoms with E-state index in [1.807, 2.05) is 38.1 Å². The number of rotatable bonds is 7. The molecule has 4 rings (SSSR count). The van der Waals surface area contributed by atoms with Gasteiger partial charge in [0.15, 0.2) is 10.9 Å². The van der Waals surface area contributed by atoms with Gasteiger partial charge >= 0.3 is 0 Å². The van der Waals surface area contributed by atoms with Crippen LogP contribution in [0.3, 0.4) is 0 Å². The molecule has 1 saturated carbocycles. The molecule has 0 saturated heterocycles. The Hall–Kier alpha value is -2.34. The Kier molecular flexibility index (Phi) is 5.15. The fourth-order valence-electron chi connectivity index (χ4n) is 3.68. The van der Waals surface area contributed by atoms with Crippen molar-refractivity contribution in [1.29, 1.82) is 0 Å². The monoisotopic (exact) mass is 394 g/mol. The van der Waals surface area contributed by atoms with Crippen LogP contribution in [0.5, 0.6) is 0 Å². The molecule has 1 aliphatic rings. The molecular formula is C22H26N4OS. The van der Waals surface area contributed by atoms with Crippen LogP contribution in [0.25, 0.3) is 5.69 Å². The van der Waals surface area contributed by atoms with Crippen molar-refractivity contribution < 1.29 is 4.79 Å². The second-order valence-corrected chi connectivity index (χ2v) is 8.71. The molecule has 5 nitrogen and oxygen atoms in total. The van der Waals surface area contributed by atoms with Gasteiger partial charge in [0.05, 0.1) is 5.75 Å². The topological polar surface area (TPSA) is 52.7 Å². The van der Waals surface area contributed by atoms with Crippen molar-refractivity contribution in [3.05, 3.63) is 59.2 Å². The first-order valence-electron chi connectivity index (χ1n) is 9.82. The van der Waals surface area contributed by atoms with Crippen LogP contribution in [0.4, 0.5) is 0 Å². The van der Waals surface area contributed by atoms with E-state index in [1.54, 1.807) is 0 Å². The summed E-state index contributed by atoms with van der Waals surface area (Å²) in [6.45, 7) is 8.34. The Bertz CT molecular complexity index is 999. The number of aryl methyl sites for hydroxylation is 1. The van der Waals surface area contributed by atoms with Crippen LogP contribution in [-0.2, 0) is 0 Å². The predicted octanol–water partition coefficient (Wildman–Crippen LogP) is 5.12. The highest BCUT2D eigenvalue weighted by Gasteiger charge is 2.30. The van der Waals surface area contributed by atoms with E-state index in [1.165, 1.54) is 24.6 Å². The maximum atomic E-state index is 13.0. The zero-order valence-corrected chi connectivity index (χ0v) is 17.7. The van der Waals surface area contributed by atoms with E-state index < -0.39 is 0 Å². The van der Waals surface area contributed by atoms with Gasteiger partial charge in [0.1, 0.15) is 5.82 Å². The number of carbonyl (C=O) groups excluding carboxylic acids is 1. The minimum atomic E-state index is 0.136. The molecule has 1 aromatic carbocycles. The number of Topliss-reactive ketones (excluding diaryl/α,β-unsaturated/α-hetero) is 1. The molecule has 0 radical (unpaired) electrons. The highest BCUT2D eigenvalue weighted by molar-refractivity contribution is 7.99. The molecule has 6 heteroatoms. The summed E-state index contributed by atoms with van der Waals surface area (Å²) in [5.74, 6) is 1.88. The van der Waals surface area contributed by atoms with Gasteiger partial charge in [-0.25, -0.2) is 0 Å². The van der Waals surface area contributed by atoms with Gasteiger partial charge in [-0.05, 0) is 44.9 Å². The Labute approximate surface area is 170 Å². The lowest BCUT2D eigenvalue weighted by atomic mass is 10.2. The van der Waals surface area contributed by atoms with Gasteiger partial charge in [-0.1, -0.05) is 43.8 Å². The van der Waals surface area contributed by atoms with Crippen molar-refractivity contribution in [1.82, 2.24) is 19.3 Å². The van der Waals surface area contributed by atoms with Crippen molar-refractivity contribution in [3.63, 3.8) is 0 Å². The van der Waals surface area contributed by atoms with E-state index in [0.29, 0.717) is 17.7 Å². The Balaban J connectivity index is 1.54. The van der Waals surface area contributed by atoms with E-state index in [2.05, 4.69) is 45.3 Å². The molecule has 0 amide bonds. The van der Waals surface area contributed by atoms with E-state index in [-0.39, 0.29) is 5.78 Å². The molecule has 2 aromatic heterocycles. The van der Waals surface area contributed by atoms with Crippen LogP contribution < -0.4 is 0 Å². The van der Waals surface area contributed by atoms with Crippen molar-refractivity contribution in [2.24, 2.45) is 0 Å². The summed E-state index contributed by atoms with van der Waals surface area (Å²) < 4.78 is 4.39. The standard InChI is InChI=1S/C22H26N4OS/c1-14(2)21-23-24-22(26(21)18-10-11-18)28-13-20(27)19-12-15(3)25(16(19)4)17-8-6-5-7-9-17/h5-9,12,14,18H,10-11,13H2,1-4H3. The summed E-state index contributed by atoms with van der Waals surface area (Å²) in [6, 6.07) is 12.7. The van der Waals surface area contributed by atoms with Gasteiger partial charge in [0.2, 0.25) is 0 Å². The van der Waals surface area contributed by atoms with Crippen LogP contribution in [-0.4, -0.2) is 30.9 Å². The summed E-state index contributed by atoms with van der Waals surface area (Å²) in [4.78, 5) is 13.0. The van der Waals surface area contributed by atoms with Crippen molar-refractivity contribution in [3.8, 4) is 5.69 Å². The number of hydrogen-bond donors (Lipinski definition) is 0. The molecule has 2 heterocycles. The van der Waals surface area contributed by atoms with Gasteiger partial charge in [-0.3, -0.25) is 4.79 Å². The highest BCUT2D eigenvalue weighted by atomic mass is 32.2. The maximum absolute atomic E-state index is 13.0. The molecule has 3 aromatic rings. The van der Waals surface area contributed by atoms with E-state index in [4.69, 9.17) is 0 Å². The van der Waals surface area contributed by atoms with Gasteiger partial charge in [0, 0.05) is 34.6 Å². The quantitative estimate of drug-likeness (QED) is 0.412. The lowest BCUT2D eigenvalue weighted by molar-refractivity contribution is 0.102. The number of nitrogens with zero attached hydrogens (tertiary/aromatic N) is 4. The highest BCUT2D eigenvalue weighted by Crippen LogP contribution is 2.40. The Morgan fingerprint density at radius 2 is 1.89 bits per heavy atom. The molecule has 28 heavy (non-hydrogen) atoms. The Morgan fingerprint density at radius 3 is 2.54 bits per heavy atom. The zero-order chi connectivity index (χ0) is 19.8. The summed E-state index contributed by atoms with van der Waals surface area (Å²) in [7, 11) is 0. The number of benzene rings is 1. The minimum absolute atomic E-state index is 0.136. The summed E-state index contributed by atoms with van der Waals surface area (Å²) in [5, 5.41) is 9.63. The molecule has 1 aliphatic carbocycles. The predicted molar refractivity (Wildman–Crippen MR) is 113 cm³/mol. The summed E-state index contributed by atoms with van der Waals surface area (Å²) in [5.41, 5.74) is 3.93. The molecule has 0 bridgehead atoms. The average molecular weight is 395 g/mol. The van der Waals surface area contributed by atoms with E-state index in [9.17, 15) is 4.79 Å².